The molecule has 20 heavy (non-hydrogen) atoms. The van der Waals surface area contributed by atoms with Gasteiger partial charge in [0.15, 0.2) is 0 Å². The smallest absolute Gasteiger partial charge is 0.267 e. The van der Waals surface area contributed by atoms with Crippen molar-refractivity contribution < 1.29 is 4.79 Å². The van der Waals surface area contributed by atoms with Crippen LogP contribution < -0.4 is 10.9 Å². The molecule has 1 aromatic heterocycles. The molecule has 0 spiro atoms. The lowest BCUT2D eigenvalue weighted by atomic mass is 10.1. The summed E-state index contributed by atoms with van der Waals surface area (Å²) in [6.07, 6.45) is 0. The van der Waals surface area contributed by atoms with Gasteiger partial charge in [-0.05, 0) is 57.0 Å². The summed E-state index contributed by atoms with van der Waals surface area (Å²) < 4.78 is 0. The van der Waals surface area contributed by atoms with E-state index in [2.05, 4.69) is 20.8 Å². The number of amides is 1. The third kappa shape index (κ3) is 3.32. The lowest BCUT2D eigenvalue weighted by Gasteiger charge is -2.09. The van der Waals surface area contributed by atoms with Crippen LogP contribution in [0.5, 0.6) is 0 Å². The minimum atomic E-state index is -0.212. The van der Waals surface area contributed by atoms with Gasteiger partial charge in [0.25, 0.3) is 5.91 Å². The van der Waals surface area contributed by atoms with E-state index >= 15 is 0 Å². The van der Waals surface area contributed by atoms with Gasteiger partial charge in [0, 0.05) is 17.0 Å². The first-order chi connectivity index (χ1) is 9.45. The quantitative estimate of drug-likeness (QED) is 0.841. The summed E-state index contributed by atoms with van der Waals surface area (Å²) in [4.78, 5) is 20.4. The fourth-order valence-electron chi connectivity index (χ4n) is 1.85. The lowest BCUT2D eigenvalue weighted by Crippen LogP contribution is -2.30. The molecule has 2 N–H and O–H groups in total. The van der Waals surface area contributed by atoms with E-state index < -0.39 is 0 Å². The van der Waals surface area contributed by atoms with Crippen molar-refractivity contribution in [2.75, 3.05) is 5.43 Å². The molecule has 0 aliphatic heterocycles. The van der Waals surface area contributed by atoms with Crippen molar-refractivity contribution in [1.29, 1.82) is 0 Å². The molecular weight excluding hydrogens is 252 g/mol. The van der Waals surface area contributed by atoms with Gasteiger partial charge in [-0.25, -0.2) is 9.97 Å². The first-order valence-corrected chi connectivity index (χ1v) is 6.41. The summed E-state index contributed by atoms with van der Waals surface area (Å²) in [5, 5.41) is 0. The van der Waals surface area contributed by atoms with E-state index in [4.69, 9.17) is 0 Å². The summed E-state index contributed by atoms with van der Waals surface area (Å²) >= 11 is 0. The van der Waals surface area contributed by atoms with Crippen LogP contribution in [0.4, 0.5) is 5.95 Å². The number of carbonyl (C=O) groups is 1. The van der Waals surface area contributed by atoms with Gasteiger partial charge in [-0.2, -0.15) is 0 Å². The SMILES string of the molecule is Cc1cc(C)nc(NNC(=O)c2ccc(C)c(C)c2)n1. The molecule has 1 heterocycles. The summed E-state index contributed by atoms with van der Waals surface area (Å²) in [7, 11) is 0. The zero-order chi connectivity index (χ0) is 14.7. The van der Waals surface area contributed by atoms with Gasteiger partial charge in [0.1, 0.15) is 0 Å². The topological polar surface area (TPSA) is 66.9 Å². The number of hydrogen-bond acceptors (Lipinski definition) is 4. The molecule has 0 bridgehead atoms. The van der Waals surface area contributed by atoms with Crippen molar-refractivity contribution >= 4 is 11.9 Å². The number of rotatable bonds is 3. The Bertz CT molecular complexity index is 632. The molecule has 2 aromatic rings. The average molecular weight is 270 g/mol. The van der Waals surface area contributed by atoms with E-state index in [1.54, 1.807) is 6.07 Å². The molecular formula is C15H18N4O. The van der Waals surface area contributed by atoms with Crippen LogP contribution in [0.1, 0.15) is 32.9 Å². The third-order valence-corrected chi connectivity index (χ3v) is 3.04. The summed E-state index contributed by atoms with van der Waals surface area (Å²) in [5.74, 6) is 0.176. The first kappa shape index (κ1) is 14.0. The minimum absolute atomic E-state index is 0.212. The Labute approximate surface area is 118 Å². The molecule has 5 heteroatoms. The normalized spacial score (nSPS) is 10.2. The van der Waals surface area contributed by atoms with Crippen LogP contribution in [-0.4, -0.2) is 15.9 Å². The van der Waals surface area contributed by atoms with Gasteiger partial charge >= 0.3 is 0 Å². The predicted octanol–water partition coefficient (Wildman–Crippen LogP) is 2.47. The summed E-state index contributed by atoms with van der Waals surface area (Å²) in [5.41, 5.74) is 9.88. The fraction of sp³-hybridized carbons (Fsp3) is 0.267. The maximum Gasteiger partial charge on any atom is 0.269 e. The van der Waals surface area contributed by atoms with Gasteiger partial charge in [0.05, 0.1) is 0 Å². The maximum atomic E-state index is 12.0. The van der Waals surface area contributed by atoms with Crippen LogP contribution in [0.2, 0.25) is 0 Å². The Morgan fingerprint density at radius 2 is 1.60 bits per heavy atom. The highest BCUT2D eigenvalue weighted by atomic mass is 16.2. The van der Waals surface area contributed by atoms with Crippen molar-refractivity contribution in [3.63, 3.8) is 0 Å². The zero-order valence-electron chi connectivity index (χ0n) is 12.1. The van der Waals surface area contributed by atoms with Crippen LogP contribution in [0.3, 0.4) is 0 Å². The average Bonchev–Trinajstić information content (AvgIpc) is 2.38. The number of nitrogens with zero attached hydrogens (tertiary/aromatic N) is 2. The lowest BCUT2D eigenvalue weighted by molar-refractivity contribution is 0.0962. The van der Waals surface area contributed by atoms with E-state index in [0.29, 0.717) is 11.5 Å². The van der Waals surface area contributed by atoms with Crippen molar-refractivity contribution in [2.45, 2.75) is 27.7 Å². The molecule has 0 saturated carbocycles. The molecule has 1 aromatic carbocycles. The molecule has 5 nitrogen and oxygen atoms in total. The molecule has 0 saturated heterocycles. The Morgan fingerprint density at radius 3 is 2.20 bits per heavy atom. The molecule has 0 unspecified atom stereocenters. The van der Waals surface area contributed by atoms with Crippen LogP contribution >= 0.6 is 0 Å². The second-order valence-electron chi connectivity index (χ2n) is 4.85. The highest BCUT2D eigenvalue weighted by molar-refractivity contribution is 5.95. The van der Waals surface area contributed by atoms with Crippen LogP contribution in [-0.2, 0) is 0 Å². The summed E-state index contributed by atoms with van der Waals surface area (Å²) in [6, 6.07) is 7.45. The van der Waals surface area contributed by atoms with Crippen LogP contribution in [0, 0.1) is 27.7 Å². The highest BCUT2D eigenvalue weighted by Gasteiger charge is 2.07. The van der Waals surface area contributed by atoms with Gasteiger partial charge < -0.3 is 0 Å². The first-order valence-electron chi connectivity index (χ1n) is 6.41. The fourth-order valence-corrected chi connectivity index (χ4v) is 1.85. The number of nitrogens with one attached hydrogen (secondary N) is 2. The van der Waals surface area contributed by atoms with E-state index in [-0.39, 0.29) is 5.91 Å². The molecule has 104 valence electrons. The number of carbonyl (C=O) groups excluding carboxylic acids is 1. The Morgan fingerprint density at radius 1 is 0.950 bits per heavy atom. The molecule has 0 radical (unpaired) electrons. The monoisotopic (exact) mass is 270 g/mol. The largest absolute Gasteiger partial charge is 0.269 e. The summed E-state index contributed by atoms with van der Waals surface area (Å²) in [6.45, 7) is 7.75. The van der Waals surface area contributed by atoms with Gasteiger partial charge in [-0.15, -0.1) is 0 Å². The van der Waals surface area contributed by atoms with E-state index in [1.807, 2.05) is 45.9 Å². The van der Waals surface area contributed by atoms with Gasteiger partial charge in [0.2, 0.25) is 5.95 Å². The standard InChI is InChI=1S/C15H18N4O/c1-9-5-6-13(7-10(9)2)14(20)18-19-15-16-11(3)8-12(4)17-15/h5-8H,1-4H3,(H,18,20)(H,16,17,19). The molecule has 2 rings (SSSR count). The molecule has 0 aliphatic rings. The predicted molar refractivity (Wildman–Crippen MR) is 78.5 cm³/mol. The third-order valence-electron chi connectivity index (χ3n) is 3.04. The van der Waals surface area contributed by atoms with Crippen LogP contribution in [0.15, 0.2) is 24.3 Å². The Hall–Kier alpha value is -2.43. The van der Waals surface area contributed by atoms with Crippen molar-refractivity contribution in [3.05, 3.63) is 52.3 Å². The second-order valence-corrected chi connectivity index (χ2v) is 4.85. The number of aryl methyl sites for hydroxylation is 4. The Balaban J connectivity index is 2.06. The van der Waals surface area contributed by atoms with E-state index in [0.717, 1.165) is 22.5 Å². The molecule has 0 fully saturated rings. The van der Waals surface area contributed by atoms with Crippen LogP contribution in [0.25, 0.3) is 0 Å². The second kappa shape index (κ2) is 5.69. The van der Waals surface area contributed by atoms with E-state index in [9.17, 15) is 4.79 Å². The number of hydrogen-bond donors (Lipinski definition) is 2. The highest BCUT2D eigenvalue weighted by Crippen LogP contribution is 2.09. The maximum absolute atomic E-state index is 12.0. The number of benzene rings is 1. The van der Waals surface area contributed by atoms with E-state index in [1.165, 1.54) is 0 Å². The van der Waals surface area contributed by atoms with Crippen molar-refractivity contribution in [2.24, 2.45) is 0 Å². The zero-order valence-corrected chi connectivity index (χ0v) is 12.1. The van der Waals surface area contributed by atoms with Crippen molar-refractivity contribution in [3.8, 4) is 0 Å². The van der Waals surface area contributed by atoms with Gasteiger partial charge in [-0.3, -0.25) is 15.6 Å². The Kier molecular flexibility index (Phi) is 3.98. The molecule has 0 atom stereocenters. The number of aromatic nitrogens is 2. The molecule has 1 amide bonds. The number of anilines is 1. The molecule has 0 aliphatic carbocycles. The van der Waals surface area contributed by atoms with Crippen molar-refractivity contribution in [1.82, 2.24) is 15.4 Å². The van der Waals surface area contributed by atoms with Gasteiger partial charge in [-0.1, -0.05) is 6.07 Å². The number of hydrazine groups is 1. The minimum Gasteiger partial charge on any atom is -0.267 e.